The molecule has 1 saturated carbocycles. The number of anilines is 1. The Labute approximate surface area is 139 Å². The molecule has 4 nitrogen and oxygen atoms in total. The highest BCUT2D eigenvalue weighted by Gasteiger charge is 2.34. The van der Waals surface area contributed by atoms with Crippen LogP contribution < -0.4 is 10.2 Å². The van der Waals surface area contributed by atoms with Crippen LogP contribution in [-0.4, -0.2) is 49.6 Å². The summed E-state index contributed by atoms with van der Waals surface area (Å²) in [5, 5.41) is 3.50. The van der Waals surface area contributed by atoms with E-state index in [9.17, 15) is 0 Å². The summed E-state index contributed by atoms with van der Waals surface area (Å²) >= 11 is 0. The fourth-order valence-corrected chi connectivity index (χ4v) is 3.95. The zero-order chi connectivity index (χ0) is 15.6. The van der Waals surface area contributed by atoms with Gasteiger partial charge in [0, 0.05) is 37.9 Å². The molecule has 1 unspecified atom stereocenters. The molecule has 3 aliphatic rings. The summed E-state index contributed by atoms with van der Waals surface area (Å²) < 4.78 is 0. The van der Waals surface area contributed by atoms with Crippen LogP contribution in [0.2, 0.25) is 0 Å². The van der Waals surface area contributed by atoms with E-state index in [-0.39, 0.29) is 0 Å². The Balaban J connectivity index is 1.43. The van der Waals surface area contributed by atoms with Crippen LogP contribution in [0.15, 0.2) is 29.3 Å². The monoisotopic (exact) mass is 312 g/mol. The zero-order valence-electron chi connectivity index (χ0n) is 14.2. The second-order valence-electron chi connectivity index (χ2n) is 7.11. The van der Waals surface area contributed by atoms with Gasteiger partial charge in [0.2, 0.25) is 0 Å². The number of nitrogens with one attached hydrogen (secondary N) is 1. The van der Waals surface area contributed by atoms with E-state index < -0.39 is 0 Å². The highest BCUT2D eigenvalue weighted by Crippen LogP contribution is 2.32. The third-order valence-corrected chi connectivity index (χ3v) is 5.36. The first kappa shape index (κ1) is 15.0. The lowest BCUT2D eigenvalue weighted by molar-refractivity contribution is 0.315. The average Bonchev–Trinajstić information content (AvgIpc) is 3.17. The number of nitrogens with zero attached hydrogens (tertiary/aromatic N) is 3. The van der Waals surface area contributed by atoms with Gasteiger partial charge in [0.25, 0.3) is 0 Å². The topological polar surface area (TPSA) is 30.9 Å². The number of hydrogen-bond donors (Lipinski definition) is 1. The summed E-state index contributed by atoms with van der Waals surface area (Å²) in [4.78, 5) is 10.0. The lowest BCUT2D eigenvalue weighted by Gasteiger charge is -2.23. The summed E-state index contributed by atoms with van der Waals surface area (Å²) in [5.74, 6) is 1.81. The molecular weight excluding hydrogens is 284 g/mol. The molecule has 23 heavy (non-hydrogen) atoms. The molecule has 1 aliphatic carbocycles. The Bertz CT molecular complexity index is 578. The highest BCUT2D eigenvalue weighted by atomic mass is 15.3. The molecule has 2 heterocycles. The predicted molar refractivity (Wildman–Crippen MR) is 96.2 cm³/mol. The smallest absolute Gasteiger partial charge is 0.198 e. The van der Waals surface area contributed by atoms with Crippen molar-refractivity contribution in [2.24, 2.45) is 10.9 Å². The van der Waals surface area contributed by atoms with Crippen molar-refractivity contribution in [1.82, 2.24) is 10.2 Å². The number of rotatable bonds is 4. The molecule has 0 spiro atoms. The molecule has 2 aliphatic heterocycles. The van der Waals surface area contributed by atoms with E-state index in [0.717, 1.165) is 44.0 Å². The molecule has 0 aromatic heterocycles. The van der Waals surface area contributed by atoms with Gasteiger partial charge >= 0.3 is 0 Å². The summed E-state index contributed by atoms with van der Waals surface area (Å²) in [6.07, 6.45) is 5.28. The third kappa shape index (κ3) is 3.23. The SMILES string of the molecule is CCNC(=NCC1CCN(C2CC2)C1)N1CCc2ccccc21. The van der Waals surface area contributed by atoms with E-state index >= 15 is 0 Å². The summed E-state index contributed by atoms with van der Waals surface area (Å²) in [5.41, 5.74) is 2.78. The molecule has 4 heteroatoms. The first-order chi connectivity index (χ1) is 11.3. The van der Waals surface area contributed by atoms with Gasteiger partial charge in [-0.2, -0.15) is 0 Å². The number of aliphatic imine (C=N–C) groups is 1. The van der Waals surface area contributed by atoms with Crippen LogP contribution in [-0.2, 0) is 6.42 Å². The van der Waals surface area contributed by atoms with E-state index in [4.69, 9.17) is 4.99 Å². The van der Waals surface area contributed by atoms with Gasteiger partial charge in [0.1, 0.15) is 0 Å². The van der Waals surface area contributed by atoms with Crippen molar-refractivity contribution in [2.45, 2.75) is 38.6 Å². The van der Waals surface area contributed by atoms with Crippen LogP contribution in [0.5, 0.6) is 0 Å². The molecule has 1 saturated heterocycles. The lowest BCUT2D eigenvalue weighted by Crippen LogP contribution is -2.41. The number of benzene rings is 1. The van der Waals surface area contributed by atoms with Crippen LogP contribution >= 0.6 is 0 Å². The van der Waals surface area contributed by atoms with Crippen molar-refractivity contribution in [1.29, 1.82) is 0 Å². The van der Waals surface area contributed by atoms with E-state index in [1.165, 1.54) is 43.6 Å². The van der Waals surface area contributed by atoms with Crippen molar-refractivity contribution in [3.63, 3.8) is 0 Å². The number of para-hydroxylation sites is 1. The normalized spacial score (nSPS) is 25.0. The van der Waals surface area contributed by atoms with Gasteiger partial charge in [-0.25, -0.2) is 0 Å². The molecule has 2 fully saturated rings. The van der Waals surface area contributed by atoms with E-state index in [0.29, 0.717) is 0 Å². The largest absolute Gasteiger partial charge is 0.356 e. The molecule has 0 amide bonds. The molecule has 0 radical (unpaired) electrons. The number of guanidine groups is 1. The average molecular weight is 312 g/mol. The molecule has 124 valence electrons. The predicted octanol–water partition coefficient (Wildman–Crippen LogP) is 2.50. The first-order valence-electron chi connectivity index (χ1n) is 9.23. The Kier molecular flexibility index (Phi) is 4.25. The molecule has 4 rings (SSSR count). The van der Waals surface area contributed by atoms with Gasteiger partial charge in [-0.1, -0.05) is 18.2 Å². The quantitative estimate of drug-likeness (QED) is 0.684. The Morgan fingerprint density at radius 3 is 2.91 bits per heavy atom. The molecular formula is C19H28N4. The van der Waals surface area contributed by atoms with Crippen LogP contribution in [0.3, 0.4) is 0 Å². The number of fused-ring (bicyclic) bond motifs is 1. The first-order valence-corrected chi connectivity index (χ1v) is 9.23. The van der Waals surface area contributed by atoms with Gasteiger partial charge < -0.3 is 15.1 Å². The molecule has 1 aromatic carbocycles. The van der Waals surface area contributed by atoms with Gasteiger partial charge in [-0.05, 0) is 56.7 Å². The standard InChI is InChI=1S/C19H28N4/c1-2-20-19(23-12-10-16-5-3-4-6-18(16)23)21-13-15-9-11-22(14-15)17-7-8-17/h3-6,15,17H,2,7-14H2,1H3,(H,20,21). The molecule has 1 atom stereocenters. The second-order valence-corrected chi connectivity index (χ2v) is 7.11. The Morgan fingerprint density at radius 1 is 1.22 bits per heavy atom. The van der Waals surface area contributed by atoms with Crippen molar-refractivity contribution in [2.75, 3.05) is 37.6 Å². The van der Waals surface area contributed by atoms with Crippen molar-refractivity contribution < 1.29 is 0 Å². The fourth-order valence-electron chi connectivity index (χ4n) is 3.95. The van der Waals surface area contributed by atoms with E-state index in [1.54, 1.807) is 0 Å². The van der Waals surface area contributed by atoms with Crippen LogP contribution in [0, 0.1) is 5.92 Å². The van der Waals surface area contributed by atoms with Crippen LogP contribution in [0.25, 0.3) is 0 Å². The fraction of sp³-hybridized carbons (Fsp3) is 0.632. The molecule has 0 bridgehead atoms. The Hall–Kier alpha value is -1.55. The molecule has 1 aromatic rings. The van der Waals surface area contributed by atoms with Crippen molar-refractivity contribution in [3.8, 4) is 0 Å². The van der Waals surface area contributed by atoms with Gasteiger partial charge in [0.05, 0.1) is 0 Å². The third-order valence-electron chi connectivity index (χ3n) is 5.36. The van der Waals surface area contributed by atoms with Crippen molar-refractivity contribution >= 4 is 11.6 Å². The van der Waals surface area contributed by atoms with Crippen molar-refractivity contribution in [3.05, 3.63) is 29.8 Å². The van der Waals surface area contributed by atoms with Gasteiger partial charge in [-0.3, -0.25) is 4.99 Å². The minimum atomic E-state index is 0.738. The van der Waals surface area contributed by atoms with Gasteiger partial charge in [-0.15, -0.1) is 0 Å². The summed E-state index contributed by atoms with van der Waals surface area (Å²) in [6, 6.07) is 9.63. The molecule has 1 N–H and O–H groups in total. The lowest BCUT2D eigenvalue weighted by atomic mass is 10.1. The maximum atomic E-state index is 5.00. The highest BCUT2D eigenvalue weighted by molar-refractivity contribution is 5.97. The zero-order valence-corrected chi connectivity index (χ0v) is 14.2. The second kappa shape index (κ2) is 6.52. The summed E-state index contributed by atoms with van der Waals surface area (Å²) in [6.45, 7) is 7.63. The number of hydrogen-bond acceptors (Lipinski definition) is 2. The van der Waals surface area contributed by atoms with Crippen LogP contribution in [0.4, 0.5) is 5.69 Å². The van der Waals surface area contributed by atoms with Crippen LogP contribution in [0.1, 0.15) is 31.7 Å². The summed E-state index contributed by atoms with van der Waals surface area (Å²) in [7, 11) is 0. The maximum Gasteiger partial charge on any atom is 0.198 e. The maximum absolute atomic E-state index is 5.00. The minimum absolute atomic E-state index is 0.738. The van der Waals surface area contributed by atoms with Gasteiger partial charge in [0.15, 0.2) is 5.96 Å². The minimum Gasteiger partial charge on any atom is -0.356 e. The Morgan fingerprint density at radius 2 is 2.09 bits per heavy atom. The number of likely N-dealkylation sites (tertiary alicyclic amines) is 1. The van der Waals surface area contributed by atoms with E-state index in [2.05, 4.69) is 46.3 Å². The van der Waals surface area contributed by atoms with E-state index in [1.807, 2.05) is 0 Å².